The SMILES string of the molecule is CN(c1cc(NN)nc(N)n1)C1CCOCC1. The Labute approximate surface area is 100 Å². The van der Waals surface area contributed by atoms with E-state index in [1.807, 2.05) is 7.05 Å². The first-order chi connectivity index (χ1) is 8.20. The van der Waals surface area contributed by atoms with Crippen molar-refractivity contribution in [1.29, 1.82) is 0 Å². The van der Waals surface area contributed by atoms with Crippen molar-refractivity contribution in [3.63, 3.8) is 0 Å². The summed E-state index contributed by atoms with van der Waals surface area (Å²) in [5.41, 5.74) is 8.12. The van der Waals surface area contributed by atoms with Gasteiger partial charge in [-0.1, -0.05) is 0 Å². The number of rotatable bonds is 3. The quantitative estimate of drug-likeness (QED) is 0.501. The maximum Gasteiger partial charge on any atom is 0.223 e. The predicted molar refractivity (Wildman–Crippen MR) is 66.5 cm³/mol. The Morgan fingerprint density at radius 2 is 2.12 bits per heavy atom. The molecule has 17 heavy (non-hydrogen) atoms. The zero-order valence-corrected chi connectivity index (χ0v) is 9.89. The zero-order valence-electron chi connectivity index (χ0n) is 9.89. The van der Waals surface area contributed by atoms with Crippen molar-refractivity contribution in [3.8, 4) is 0 Å². The molecule has 0 radical (unpaired) electrons. The molecule has 5 N–H and O–H groups in total. The molecule has 7 nitrogen and oxygen atoms in total. The van der Waals surface area contributed by atoms with Crippen LogP contribution in [0.15, 0.2) is 6.07 Å². The van der Waals surface area contributed by atoms with E-state index in [4.69, 9.17) is 16.3 Å². The van der Waals surface area contributed by atoms with Gasteiger partial charge in [-0.3, -0.25) is 0 Å². The van der Waals surface area contributed by atoms with Gasteiger partial charge in [-0.25, -0.2) is 5.84 Å². The van der Waals surface area contributed by atoms with E-state index >= 15 is 0 Å². The molecule has 0 amide bonds. The fraction of sp³-hybridized carbons (Fsp3) is 0.600. The van der Waals surface area contributed by atoms with Crippen LogP contribution in [0.25, 0.3) is 0 Å². The summed E-state index contributed by atoms with van der Waals surface area (Å²) >= 11 is 0. The number of nitrogens with zero attached hydrogens (tertiary/aromatic N) is 3. The number of nitrogen functional groups attached to an aromatic ring is 2. The lowest BCUT2D eigenvalue weighted by atomic mass is 10.1. The Bertz CT molecular complexity index is 379. The third-order valence-corrected chi connectivity index (χ3v) is 2.98. The highest BCUT2D eigenvalue weighted by Crippen LogP contribution is 2.21. The lowest BCUT2D eigenvalue weighted by Crippen LogP contribution is -2.37. The van der Waals surface area contributed by atoms with Crippen LogP contribution in [0.5, 0.6) is 0 Å². The van der Waals surface area contributed by atoms with Gasteiger partial charge < -0.3 is 20.8 Å². The second-order valence-electron chi connectivity index (χ2n) is 4.07. The molecule has 0 aromatic carbocycles. The van der Waals surface area contributed by atoms with Gasteiger partial charge in [0.1, 0.15) is 11.6 Å². The number of nitrogens with one attached hydrogen (secondary N) is 1. The average molecular weight is 238 g/mol. The average Bonchev–Trinajstić information content (AvgIpc) is 2.38. The molecule has 0 bridgehead atoms. The summed E-state index contributed by atoms with van der Waals surface area (Å²) in [5.74, 6) is 6.84. The highest BCUT2D eigenvalue weighted by Gasteiger charge is 2.20. The number of anilines is 3. The van der Waals surface area contributed by atoms with E-state index in [0.717, 1.165) is 31.9 Å². The molecule has 7 heteroatoms. The van der Waals surface area contributed by atoms with Crippen molar-refractivity contribution in [2.75, 3.05) is 36.3 Å². The van der Waals surface area contributed by atoms with Gasteiger partial charge >= 0.3 is 0 Å². The van der Waals surface area contributed by atoms with Gasteiger partial charge in [0, 0.05) is 32.4 Å². The van der Waals surface area contributed by atoms with Crippen molar-refractivity contribution < 1.29 is 4.74 Å². The number of hydrazine groups is 1. The number of ether oxygens (including phenoxy) is 1. The van der Waals surface area contributed by atoms with Crippen LogP contribution in [0.3, 0.4) is 0 Å². The van der Waals surface area contributed by atoms with E-state index in [0.29, 0.717) is 11.9 Å². The smallest absolute Gasteiger partial charge is 0.223 e. The van der Waals surface area contributed by atoms with E-state index < -0.39 is 0 Å². The second-order valence-corrected chi connectivity index (χ2v) is 4.07. The minimum atomic E-state index is 0.217. The molecule has 0 aliphatic carbocycles. The number of nitrogens with two attached hydrogens (primary N) is 2. The highest BCUT2D eigenvalue weighted by atomic mass is 16.5. The fourth-order valence-electron chi connectivity index (χ4n) is 1.97. The fourth-order valence-corrected chi connectivity index (χ4v) is 1.97. The van der Waals surface area contributed by atoms with Crippen molar-refractivity contribution >= 4 is 17.6 Å². The van der Waals surface area contributed by atoms with E-state index in [1.165, 1.54) is 0 Å². The van der Waals surface area contributed by atoms with Gasteiger partial charge in [0.2, 0.25) is 5.95 Å². The van der Waals surface area contributed by atoms with Crippen molar-refractivity contribution in [2.24, 2.45) is 5.84 Å². The van der Waals surface area contributed by atoms with Crippen LogP contribution in [0.2, 0.25) is 0 Å². The molecule has 0 spiro atoms. The molecule has 2 rings (SSSR count). The van der Waals surface area contributed by atoms with Crippen LogP contribution in [-0.2, 0) is 4.74 Å². The van der Waals surface area contributed by atoms with Gasteiger partial charge in [0.25, 0.3) is 0 Å². The summed E-state index contributed by atoms with van der Waals surface area (Å²) in [6.45, 7) is 1.58. The molecule has 1 saturated heterocycles. The summed E-state index contributed by atoms with van der Waals surface area (Å²) in [6, 6.07) is 2.20. The number of aromatic nitrogens is 2. The van der Waals surface area contributed by atoms with E-state index in [9.17, 15) is 0 Å². The van der Waals surface area contributed by atoms with Crippen molar-refractivity contribution in [2.45, 2.75) is 18.9 Å². The van der Waals surface area contributed by atoms with Crippen LogP contribution in [0, 0.1) is 0 Å². The monoisotopic (exact) mass is 238 g/mol. The van der Waals surface area contributed by atoms with Crippen molar-refractivity contribution in [1.82, 2.24) is 9.97 Å². The third-order valence-electron chi connectivity index (χ3n) is 2.98. The Hall–Kier alpha value is -1.60. The van der Waals surface area contributed by atoms with Crippen LogP contribution in [0.4, 0.5) is 17.6 Å². The molecule has 0 atom stereocenters. The lowest BCUT2D eigenvalue weighted by Gasteiger charge is -2.32. The summed E-state index contributed by atoms with van der Waals surface area (Å²) in [5, 5.41) is 0. The normalized spacial score (nSPS) is 16.8. The predicted octanol–water partition coefficient (Wildman–Crippen LogP) is -0.0404. The Morgan fingerprint density at radius 3 is 2.76 bits per heavy atom. The third kappa shape index (κ3) is 2.75. The van der Waals surface area contributed by atoms with Gasteiger partial charge in [0.05, 0.1) is 0 Å². The number of hydrogen-bond donors (Lipinski definition) is 3. The summed E-state index contributed by atoms with van der Waals surface area (Å²) in [6.07, 6.45) is 1.98. The standard InChI is InChI=1S/C10H18N6O/c1-16(7-2-4-17-5-3-7)9-6-8(15-12)13-10(11)14-9/h6-7H,2-5,12H2,1H3,(H3,11,13,14,15). The first-order valence-electron chi connectivity index (χ1n) is 5.62. The van der Waals surface area contributed by atoms with Crippen LogP contribution in [0.1, 0.15) is 12.8 Å². The van der Waals surface area contributed by atoms with Crippen LogP contribution < -0.4 is 21.9 Å². The molecule has 1 fully saturated rings. The van der Waals surface area contributed by atoms with Crippen LogP contribution >= 0.6 is 0 Å². The second kappa shape index (κ2) is 5.15. The van der Waals surface area contributed by atoms with Gasteiger partial charge in [-0.2, -0.15) is 9.97 Å². The molecular formula is C10H18N6O. The Morgan fingerprint density at radius 1 is 1.41 bits per heavy atom. The van der Waals surface area contributed by atoms with Gasteiger partial charge in [0.15, 0.2) is 0 Å². The summed E-state index contributed by atoms with van der Waals surface area (Å²) in [4.78, 5) is 10.3. The Kier molecular flexibility index (Phi) is 3.60. The molecule has 1 aliphatic rings. The maximum absolute atomic E-state index is 5.63. The molecule has 0 unspecified atom stereocenters. The zero-order chi connectivity index (χ0) is 12.3. The molecule has 0 saturated carbocycles. The highest BCUT2D eigenvalue weighted by molar-refractivity contribution is 5.52. The first-order valence-corrected chi connectivity index (χ1v) is 5.62. The largest absolute Gasteiger partial charge is 0.381 e. The summed E-state index contributed by atoms with van der Waals surface area (Å²) < 4.78 is 5.34. The van der Waals surface area contributed by atoms with E-state index in [2.05, 4.69) is 20.3 Å². The van der Waals surface area contributed by atoms with Crippen molar-refractivity contribution in [3.05, 3.63) is 6.07 Å². The topological polar surface area (TPSA) is 102 Å². The van der Waals surface area contributed by atoms with Gasteiger partial charge in [-0.05, 0) is 12.8 Å². The van der Waals surface area contributed by atoms with E-state index in [1.54, 1.807) is 6.07 Å². The first kappa shape index (κ1) is 11.9. The van der Waals surface area contributed by atoms with Crippen LogP contribution in [-0.4, -0.2) is 36.3 Å². The Balaban J connectivity index is 2.17. The number of hydrogen-bond acceptors (Lipinski definition) is 7. The minimum Gasteiger partial charge on any atom is -0.381 e. The molecule has 1 aliphatic heterocycles. The van der Waals surface area contributed by atoms with E-state index in [-0.39, 0.29) is 5.95 Å². The van der Waals surface area contributed by atoms with Gasteiger partial charge in [-0.15, -0.1) is 0 Å². The molecule has 94 valence electrons. The maximum atomic E-state index is 5.63. The molecule has 2 heterocycles. The molecular weight excluding hydrogens is 220 g/mol. The summed E-state index contributed by atoms with van der Waals surface area (Å²) in [7, 11) is 2.00. The lowest BCUT2D eigenvalue weighted by molar-refractivity contribution is 0.0853. The molecule has 1 aromatic heterocycles. The minimum absolute atomic E-state index is 0.217. The molecule has 1 aromatic rings.